The minimum atomic E-state index is -0.331. The van der Waals surface area contributed by atoms with E-state index in [4.69, 9.17) is 4.74 Å². The summed E-state index contributed by atoms with van der Waals surface area (Å²) >= 11 is 0. The van der Waals surface area contributed by atoms with Gasteiger partial charge in [0.1, 0.15) is 5.75 Å². The van der Waals surface area contributed by atoms with E-state index in [2.05, 4.69) is 15.6 Å². The van der Waals surface area contributed by atoms with Gasteiger partial charge in [-0.05, 0) is 18.6 Å². The standard InChI is InChI=1S/C16H20N4O3/c21-15(18-7-4-9-20-10-8-17-13-20)11-19-16(22)12-23-14-5-2-1-3-6-14/h1-3,5-6,8,10,13H,4,7,9,11-12H2,(H,18,21)(H,19,22). The lowest BCUT2D eigenvalue weighted by molar-refractivity contribution is -0.127. The van der Waals surface area contributed by atoms with Crippen molar-refractivity contribution in [1.82, 2.24) is 20.2 Å². The molecule has 0 saturated carbocycles. The number of hydrogen-bond acceptors (Lipinski definition) is 4. The van der Waals surface area contributed by atoms with Crippen molar-refractivity contribution < 1.29 is 14.3 Å². The number of aryl methyl sites for hydroxylation is 1. The van der Waals surface area contributed by atoms with Crippen LogP contribution in [0.3, 0.4) is 0 Å². The number of carbonyl (C=O) groups excluding carboxylic acids is 2. The summed E-state index contributed by atoms with van der Waals surface area (Å²) in [6, 6.07) is 9.04. The maximum absolute atomic E-state index is 11.6. The zero-order chi connectivity index (χ0) is 16.3. The monoisotopic (exact) mass is 316 g/mol. The van der Waals surface area contributed by atoms with E-state index in [1.807, 2.05) is 29.0 Å². The van der Waals surface area contributed by atoms with Gasteiger partial charge < -0.3 is 19.9 Å². The first kappa shape index (κ1) is 16.5. The number of benzene rings is 1. The molecule has 23 heavy (non-hydrogen) atoms. The van der Waals surface area contributed by atoms with Gasteiger partial charge in [0.15, 0.2) is 6.61 Å². The minimum absolute atomic E-state index is 0.0535. The molecule has 0 unspecified atom stereocenters. The highest BCUT2D eigenvalue weighted by Gasteiger charge is 2.06. The molecule has 0 saturated heterocycles. The molecule has 2 aromatic rings. The lowest BCUT2D eigenvalue weighted by Crippen LogP contribution is -2.39. The average Bonchev–Trinajstić information content (AvgIpc) is 3.09. The Morgan fingerprint density at radius 1 is 1.13 bits per heavy atom. The van der Waals surface area contributed by atoms with Gasteiger partial charge in [0.2, 0.25) is 5.91 Å². The van der Waals surface area contributed by atoms with Crippen LogP contribution < -0.4 is 15.4 Å². The normalized spacial score (nSPS) is 10.1. The molecule has 0 fully saturated rings. The summed E-state index contributed by atoms with van der Waals surface area (Å²) in [4.78, 5) is 27.1. The van der Waals surface area contributed by atoms with Crippen LogP contribution in [0.4, 0.5) is 0 Å². The van der Waals surface area contributed by atoms with Crippen molar-refractivity contribution in [2.45, 2.75) is 13.0 Å². The molecular weight excluding hydrogens is 296 g/mol. The number of aromatic nitrogens is 2. The van der Waals surface area contributed by atoms with Crippen molar-refractivity contribution in [3.05, 3.63) is 49.1 Å². The van der Waals surface area contributed by atoms with Gasteiger partial charge in [0.25, 0.3) is 5.91 Å². The second-order valence-corrected chi connectivity index (χ2v) is 4.88. The van der Waals surface area contributed by atoms with E-state index in [9.17, 15) is 9.59 Å². The third-order valence-electron chi connectivity index (χ3n) is 3.03. The van der Waals surface area contributed by atoms with E-state index in [0.29, 0.717) is 12.3 Å². The molecule has 0 atom stereocenters. The highest BCUT2D eigenvalue weighted by Crippen LogP contribution is 2.07. The molecule has 2 rings (SSSR count). The van der Waals surface area contributed by atoms with Crippen LogP contribution in [0.2, 0.25) is 0 Å². The fourth-order valence-corrected chi connectivity index (χ4v) is 1.87. The molecule has 0 bridgehead atoms. The largest absolute Gasteiger partial charge is 0.484 e. The number of ether oxygens (including phenoxy) is 1. The van der Waals surface area contributed by atoms with Crippen molar-refractivity contribution in [1.29, 1.82) is 0 Å². The second-order valence-electron chi connectivity index (χ2n) is 4.88. The van der Waals surface area contributed by atoms with Gasteiger partial charge in [-0.1, -0.05) is 18.2 Å². The first-order valence-electron chi connectivity index (χ1n) is 7.41. The van der Waals surface area contributed by atoms with E-state index in [1.165, 1.54) is 0 Å². The second kappa shape index (κ2) is 9.24. The van der Waals surface area contributed by atoms with E-state index < -0.39 is 0 Å². The maximum Gasteiger partial charge on any atom is 0.258 e. The summed E-state index contributed by atoms with van der Waals surface area (Å²) in [5, 5.41) is 5.26. The van der Waals surface area contributed by atoms with Crippen LogP contribution in [-0.2, 0) is 16.1 Å². The summed E-state index contributed by atoms with van der Waals surface area (Å²) in [7, 11) is 0. The van der Waals surface area contributed by atoms with Crippen molar-refractivity contribution in [3.8, 4) is 5.75 Å². The van der Waals surface area contributed by atoms with Gasteiger partial charge in [0, 0.05) is 25.5 Å². The van der Waals surface area contributed by atoms with Crippen LogP contribution in [0.5, 0.6) is 5.75 Å². The SMILES string of the molecule is O=C(CNC(=O)COc1ccccc1)NCCCn1ccnc1. The Kier molecular flexibility index (Phi) is 6.65. The summed E-state index contributed by atoms with van der Waals surface area (Å²) < 4.78 is 7.23. The fourth-order valence-electron chi connectivity index (χ4n) is 1.87. The molecule has 7 heteroatoms. The minimum Gasteiger partial charge on any atom is -0.484 e. The fraction of sp³-hybridized carbons (Fsp3) is 0.312. The van der Waals surface area contributed by atoms with Gasteiger partial charge >= 0.3 is 0 Å². The highest BCUT2D eigenvalue weighted by molar-refractivity contribution is 5.85. The molecule has 0 aliphatic heterocycles. The Hall–Kier alpha value is -2.83. The Labute approximate surface area is 134 Å². The van der Waals surface area contributed by atoms with Crippen molar-refractivity contribution >= 4 is 11.8 Å². The quantitative estimate of drug-likeness (QED) is 0.663. The number of rotatable bonds is 9. The number of hydrogen-bond donors (Lipinski definition) is 2. The van der Waals surface area contributed by atoms with Gasteiger partial charge in [-0.15, -0.1) is 0 Å². The zero-order valence-electron chi connectivity index (χ0n) is 12.8. The zero-order valence-corrected chi connectivity index (χ0v) is 12.8. The Bertz CT molecular complexity index is 599. The molecule has 0 aliphatic carbocycles. The van der Waals surface area contributed by atoms with Gasteiger partial charge in [-0.25, -0.2) is 4.98 Å². The number of amides is 2. The molecule has 0 aliphatic rings. The number of para-hydroxylation sites is 1. The first-order valence-corrected chi connectivity index (χ1v) is 7.41. The lowest BCUT2D eigenvalue weighted by Gasteiger charge is -2.08. The van der Waals surface area contributed by atoms with Gasteiger partial charge in [-0.2, -0.15) is 0 Å². The molecule has 1 aromatic carbocycles. The molecular formula is C16H20N4O3. The molecule has 1 aromatic heterocycles. The van der Waals surface area contributed by atoms with Crippen LogP contribution in [0.1, 0.15) is 6.42 Å². The number of nitrogens with one attached hydrogen (secondary N) is 2. The van der Waals surface area contributed by atoms with E-state index >= 15 is 0 Å². The molecule has 2 amide bonds. The average molecular weight is 316 g/mol. The Morgan fingerprint density at radius 3 is 2.70 bits per heavy atom. The Morgan fingerprint density at radius 2 is 1.96 bits per heavy atom. The number of carbonyl (C=O) groups is 2. The third kappa shape index (κ3) is 6.64. The smallest absolute Gasteiger partial charge is 0.258 e. The van der Waals surface area contributed by atoms with Crippen molar-refractivity contribution in [2.75, 3.05) is 19.7 Å². The van der Waals surface area contributed by atoms with E-state index in [-0.39, 0.29) is 25.0 Å². The predicted molar refractivity (Wildman–Crippen MR) is 84.8 cm³/mol. The Balaban J connectivity index is 1.52. The summed E-state index contributed by atoms with van der Waals surface area (Å²) in [5.74, 6) is 0.0673. The van der Waals surface area contributed by atoms with Crippen molar-refractivity contribution in [3.63, 3.8) is 0 Å². The van der Waals surface area contributed by atoms with Crippen molar-refractivity contribution in [2.24, 2.45) is 0 Å². The van der Waals surface area contributed by atoms with Gasteiger partial charge in [0.05, 0.1) is 12.9 Å². The van der Waals surface area contributed by atoms with Crippen LogP contribution in [0.15, 0.2) is 49.1 Å². The maximum atomic E-state index is 11.6. The van der Waals surface area contributed by atoms with E-state index in [1.54, 1.807) is 24.7 Å². The summed E-state index contributed by atoms with van der Waals surface area (Å²) in [5.41, 5.74) is 0. The predicted octanol–water partition coefficient (Wildman–Crippen LogP) is 0.585. The van der Waals surface area contributed by atoms with Crippen LogP contribution in [0.25, 0.3) is 0 Å². The molecule has 0 radical (unpaired) electrons. The summed E-state index contributed by atoms with van der Waals surface area (Å²) in [6.45, 7) is 1.17. The molecule has 7 nitrogen and oxygen atoms in total. The molecule has 0 spiro atoms. The molecule has 1 heterocycles. The number of nitrogens with zero attached hydrogens (tertiary/aromatic N) is 2. The summed E-state index contributed by atoms with van der Waals surface area (Å²) in [6.07, 6.45) is 6.11. The highest BCUT2D eigenvalue weighted by atomic mass is 16.5. The van der Waals surface area contributed by atoms with Crippen LogP contribution in [0, 0.1) is 0 Å². The van der Waals surface area contributed by atoms with E-state index in [0.717, 1.165) is 13.0 Å². The molecule has 122 valence electrons. The first-order chi connectivity index (χ1) is 11.2. The number of imidazole rings is 1. The molecule has 2 N–H and O–H groups in total. The van der Waals surface area contributed by atoms with Gasteiger partial charge in [-0.3, -0.25) is 9.59 Å². The topological polar surface area (TPSA) is 85.3 Å². The lowest BCUT2D eigenvalue weighted by atomic mass is 10.3. The van der Waals surface area contributed by atoms with Crippen LogP contribution in [-0.4, -0.2) is 41.1 Å². The van der Waals surface area contributed by atoms with Crippen LogP contribution >= 0.6 is 0 Å². The third-order valence-corrected chi connectivity index (χ3v) is 3.03.